The number of carbonyl (C=O) groups excluding carboxylic acids is 2. The van der Waals surface area contributed by atoms with Crippen LogP contribution in [0.1, 0.15) is 77.0 Å². The second-order valence-electron chi connectivity index (χ2n) is 18.8. The van der Waals surface area contributed by atoms with E-state index in [0.717, 1.165) is 72.7 Å². The molecule has 6 aromatic heterocycles. The summed E-state index contributed by atoms with van der Waals surface area (Å²) in [5.74, 6) is 2.76. The van der Waals surface area contributed by atoms with E-state index >= 15 is 0 Å². The van der Waals surface area contributed by atoms with E-state index < -0.39 is 29.9 Å². The Labute approximate surface area is 391 Å². The van der Waals surface area contributed by atoms with Gasteiger partial charge in [0, 0.05) is 41.4 Å². The molecule has 62 heavy (non-hydrogen) atoms. The van der Waals surface area contributed by atoms with Crippen molar-refractivity contribution in [2.24, 2.45) is 46.3 Å². The minimum atomic E-state index is -1.56. The van der Waals surface area contributed by atoms with Crippen molar-refractivity contribution in [1.82, 2.24) is 44.0 Å². The largest absolute Gasteiger partial charge is 3.00 e. The predicted octanol–water partition coefficient (Wildman–Crippen LogP) is 4.11. The van der Waals surface area contributed by atoms with Crippen LogP contribution in [0.5, 0.6) is 0 Å². The standard InChI is InChI=1S/C24H19BN9.2C11H16O2.H2O.Tb/c1-4-13-26-19(7-1)22-10-16-32(29-22)25(33-17-11-23(30-33)20-8-2-5-14-27-20)34-18-12-24(31-34)21-9-3-6-15-28-21;2*12-10(13)11-4-7-1-8(5-11)3-9(2-7)6-11;;/h1-18,25H;2*7-9H,1-6H2,(H,12,13);1H2;/q-1;;;;+3/p-1. The van der Waals surface area contributed by atoms with E-state index in [1.165, 1.54) is 38.5 Å². The van der Waals surface area contributed by atoms with Crippen LogP contribution in [-0.2, 0) is 15.1 Å². The molecule has 8 aliphatic rings. The fourth-order valence-electron chi connectivity index (χ4n) is 12.7. The summed E-state index contributed by atoms with van der Waals surface area (Å²) in [5.41, 5.74) is 3.99. The number of carbonyl (C=O) groups is 2. The van der Waals surface area contributed by atoms with Crippen LogP contribution in [-0.4, -0.2) is 63.1 Å². The first-order valence-electron chi connectivity index (χ1n) is 21.7. The molecule has 3 N–H and O–H groups in total. The quantitative estimate of drug-likeness (QED) is 0.158. The van der Waals surface area contributed by atoms with Crippen LogP contribution in [0.15, 0.2) is 110 Å². The molecule has 0 amide bonds. The van der Waals surface area contributed by atoms with E-state index in [2.05, 4.69) is 15.0 Å². The first kappa shape index (κ1) is 44.0. The first-order valence-corrected chi connectivity index (χ1v) is 21.7. The number of rotatable bonds is 8. The maximum atomic E-state index is 11.1. The third-order valence-corrected chi connectivity index (χ3v) is 14.5. The summed E-state index contributed by atoms with van der Waals surface area (Å²) < 4.78 is 5.69. The van der Waals surface area contributed by atoms with Crippen LogP contribution >= 0.6 is 0 Å². The summed E-state index contributed by atoms with van der Waals surface area (Å²) in [6.07, 6.45) is 24.4. The molecule has 322 valence electrons. The van der Waals surface area contributed by atoms with Gasteiger partial charge >= 0.3 is 45.7 Å². The zero-order valence-corrected chi connectivity index (χ0v) is 36.8. The number of pyridine rings is 3. The van der Waals surface area contributed by atoms with Gasteiger partial charge in [-0.25, -0.2) is 15.3 Å². The molecule has 14 rings (SSSR count). The molecule has 6 aromatic rings. The number of hydrogen-bond acceptors (Lipinski definition) is 10. The second kappa shape index (κ2) is 18.2. The molecule has 6 heterocycles. The Morgan fingerprint density at radius 2 is 0.742 bits per heavy atom. The van der Waals surface area contributed by atoms with Crippen molar-refractivity contribution in [2.75, 3.05) is 0 Å². The van der Waals surface area contributed by atoms with Crippen molar-refractivity contribution in [3.8, 4) is 34.2 Å². The van der Waals surface area contributed by atoms with E-state index in [1.54, 1.807) is 18.6 Å². The average Bonchev–Trinajstić information content (AvgIpc) is 4.05. The average molecular weight is 981 g/mol. The Morgan fingerprint density at radius 3 is 0.968 bits per heavy atom. The normalized spacial score (nSPS) is 28.1. The van der Waals surface area contributed by atoms with Gasteiger partial charge in [-0.15, -0.1) is 0 Å². The van der Waals surface area contributed by atoms with Gasteiger partial charge in [0.2, 0.25) is 0 Å². The molecule has 0 aromatic carbocycles. The summed E-state index contributed by atoms with van der Waals surface area (Å²) in [5, 5.41) is 36.8. The fourth-order valence-corrected chi connectivity index (χ4v) is 12.7. The van der Waals surface area contributed by atoms with E-state index in [4.69, 9.17) is 15.3 Å². The zero-order valence-electron chi connectivity index (χ0n) is 34.6. The molecule has 0 radical (unpaired) electrons. The maximum absolute atomic E-state index is 11.1. The Balaban J connectivity index is 0.000000154. The Bertz CT molecular complexity index is 2150. The van der Waals surface area contributed by atoms with Gasteiger partial charge in [0.05, 0.1) is 17.1 Å². The number of carboxylic acids is 2. The van der Waals surface area contributed by atoms with Crippen LogP contribution < -0.4 is 10.2 Å². The molecule has 0 aliphatic heterocycles. The monoisotopic (exact) mass is 980 g/mol. The third-order valence-electron chi connectivity index (χ3n) is 14.5. The van der Waals surface area contributed by atoms with Crippen molar-refractivity contribution < 1.29 is 63.9 Å². The fraction of sp³-hybridized carbons (Fsp3) is 0.435. The Kier molecular flexibility index (Phi) is 12.9. The molecule has 0 unspecified atom stereocenters. The van der Waals surface area contributed by atoms with Gasteiger partial charge in [-0.05, 0) is 186 Å². The van der Waals surface area contributed by atoms with Gasteiger partial charge in [0.25, 0.3) is 0 Å². The number of carboxylic acid groups (broad SMARTS) is 2. The van der Waals surface area contributed by atoms with Gasteiger partial charge in [0.15, 0.2) is 0 Å². The van der Waals surface area contributed by atoms with Crippen LogP contribution in [0.2, 0.25) is 0 Å². The minimum absolute atomic E-state index is 0. The molecule has 8 bridgehead atoms. The van der Waals surface area contributed by atoms with Crippen LogP contribution in [0, 0.1) is 84.9 Å². The van der Waals surface area contributed by atoms with Crippen molar-refractivity contribution in [1.29, 1.82) is 0 Å². The van der Waals surface area contributed by atoms with Crippen molar-refractivity contribution >= 4 is 19.1 Å². The molecule has 0 atom stereocenters. The van der Waals surface area contributed by atoms with Gasteiger partial charge in [-0.3, -0.25) is 15.0 Å². The molecule has 14 nitrogen and oxygen atoms in total. The zero-order chi connectivity index (χ0) is 40.8. The maximum Gasteiger partial charge on any atom is 3.00 e. The van der Waals surface area contributed by atoms with Crippen LogP contribution in [0.4, 0.5) is 0 Å². The van der Waals surface area contributed by atoms with E-state index in [9.17, 15) is 19.8 Å². The third kappa shape index (κ3) is 8.79. The number of nitrogens with zero attached hydrogens (tertiary/aromatic N) is 9. The predicted molar refractivity (Wildman–Crippen MR) is 226 cm³/mol. The Hall–Kier alpha value is -4.67. The van der Waals surface area contributed by atoms with Gasteiger partial charge in [-0.1, -0.05) is 18.2 Å². The van der Waals surface area contributed by atoms with Crippen molar-refractivity contribution in [3.63, 3.8) is 0 Å². The molecule has 8 saturated carbocycles. The van der Waals surface area contributed by atoms with E-state index in [-0.39, 0.29) is 44.1 Å². The molecule has 0 saturated heterocycles. The first-order chi connectivity index (χ1) is 29.2. The number of aromatic nitrogens is 9. The van der Waals surface area contributed by atoms with Crippen LogP contribution in [0.25, 0.3) is 34.2 Å². The smallest absolute Gasteiger partial charge is 0.550 e. The summed E-state index contributed by atoms with van der Waals surface area (Å²) in [7, 11) is -1.56. The topological polar surface area (TPSA) is 205 Å². The van der Waals surface area contributed by atoms with Crippen molar-refractivity contribution in [2.45, 2.75) is 77.0 Å². The number of aliphatic carboxylic acids is 2. The van der Waals surface area contributed by atoms with E-state index in [1.807, 2.05) is 105 Å². The summed E-state index contributed by atoms with van der Waals surface area (Å²) in [4.78, 5) is 35.6. The van der Waals surface area contributed by atoms with Gasteiger partial charge in [-0.2, -0.15) is 0 Å². The summed E-state index contributed by atoms with van der Waals surface area (Å²) >= 11 is 0. The molecule has 8 fully saturated rings. The number of hydrogen-bond donors (Lipinski definition) is 0. The molecule has 0 spiro atoms. The van der Waals surface area contributed by atoms with Crippen molar-refractivity contribution in [3.05, 3.63) is 110 Å². The minimum Gasteiger partial charge on any atom is -0.550 e. The molecular weight excluding hydrogens is 928 g/mol. The SMILES string of the molecule is O=C([O-])C12CC3CC(CC(C3)C1)C2.O=C([O-])C12CC3CC(CC(C3)C1)C2.[OH3+].[Tb+3].c1ccc(-c2ccn([BH-](n3ccc(-c4ccccn4)n3)n3ccc(-c4ccccn4)n3)n2)nc1. The van der Waals surface area contributed by atoms with Gasteiger partial charge in [0.1, 0.15) is 17.1 Å². The molecule has 8 aliphatic carbocycles. The summed E-state index contributed by atoms with van der Waals surface area (Å²) in [6.45, 7) is 0. The van der Waals surface area contributed by atoms with E-state index in [0.29, 0.717) is 35.5 Å². The van der Waals surface area contributed by atoms with Gasteiger partial charge < -0.3 is 39.1 Å². The Morgan fingerprint density at radius 1 is 0.468 bits per heavy atom. The second-order valence-corrected chi connectivity index (χ2v) is 18.8. The molecule has 16 heteroatoms. The molecular formula is C46H52BN9O5Tb+. The summed E-state index contributed by atoms with van der Waals surface area (Å²) in [6, 6.07) is 23.2. The van der Waals surface area contributed by atoms with Crippen LogP contribution in [0.3, 0.4) is 0 Å².